The van der Waals surface area contributed by atoms with E-state index in [1.54, 1.807) is 17.0 Å². The van der Waals surface area contributed by atoms with Crippen LogP contribution in [0.15, 0.2) is 23.1 Å². The second kappa shape index (κ2) is 9.37. The number of ether oxygens (including phenoxy) is 2. The second-order valence-corrected chi connectivity index (χ2v) is 13.0. The Bertz CT molecular complexity index is 1260. The maximum Gasteiger partial charge on any atom is 0.410 e. The van der Waals surface area contributed by atoms with Crippen molar-refractivity contribution in [2.24, 2.45) is 0 Å². The molecule has 36 heavy (non-hydrogen) atoms. The number of hydrogen-bond donors (Lipinski definition) is 0. The Morgan fingerprint density at radius 3 is 2.58 bits per heavy atom. The Kier molecular flexibility index (Phi) is 6.53. The van der Waals surface area contributed by atoms with Gasteiger partial charge >= 0.3 is 6.09 Å². The Morgan fingerprint density at radius 2 is 1.89 bits per heavy atom. The molecule has 0 radical (unpaired) electrons. The summed E-state index contributed by atoms with van der Waals surface area (Å²) < 4.78 is 38.1. The molecule has 0 bridgehead atoms. The van der Waals surface area contributed by atoms with Crippen LogP contribution in [0.25, 0.3) is 0 Å². The van der Waals surface area contributed by atoms with Gasteiger partial charge in [0.1, 0.15) is 5.60 Å². The van der Waals surface area contributed by atoms with Gasteiger partial charge in [0.2, 0.25) is 0 Å². The molecule has 3 aliphatic rings. The van der Waals surface area contributed by atoms with Gasteiger partial charge in [-0.25, -0.2) is 13.2 Å². The van der Waals surface area contributed by atoms with Crippen LogP contribution >= 0.6 is 0 Å². The zero-order valence-corrected chi connectivity index (χ0v) is 22.4. The molecule has 0 atom stereocenters. The minimum atomic E-state index is -3.34. The summed E-state index contributed by atoms with van der Waals surface area (Å²) in [6.45, 7) is 8.78. The van der Waals surface area contributed by atoms with Crippen molar-refractivity contribution in [3.8, 4) is 0 Å². The smallest absolute Gasteiger partial charge is 0.410 e. The van der Waals surface area contributed by atoms with Crippen LogP contribution < -0.4 is 4.90 Å². The summed E-state index contributed by atoms with van der Waals surface area (Å²) in [6, 6.07) is 5.64. The van der Waals surface area contributed by atoms with Crippen molar-refractivity contribution < 1.29 is 22.7 Å². The largest absolute Gasteiger partial charge is 0.444 e. The molecule has 0 N–H and O–H groups in total. The van der Waals surface area contributed by atoms with Crippen LogP contribution in [-0.2, 0) is 38.7 Å². The third kappa shape index (κ3) is 4.98. The molecule has 1 fully saturated rings. The summed E-state index contributed by atoms with van der Waals surface area (Å²) in [5, 5.41) is 5.16. The number of amides is 1. The van der Waals surface area contributed by atoms with E-state index >= 15 is 0 Å². The van der Waals surface area contributed by atoms with E-state index in [0.717, 1.165) is 60.6 Å². The van der Waals surface area contributed by atoms with E-state index in [9.17, 15) is 13.2 Å². The number of aromatic nitrogens is 2. The first kappa shape index (κ1) is 25.1. The second-order valence-electron chi connectivity index (χ2n) is 11.0. The maximum atomic E-state index is 13.0. The molecule has 1 aromatic heterocycles. The fourth-order valence-corrected chi connectivity index (χ4v) is 6.01. The third-order valence-electron chi connectivity index (χ3n) is 7.11. The van der Waals surface area contributed by atoms with Crippen molar-refractivity contribution in [2.45, 2.75) is 76.0 Å². The fraction of sp³-hybridized carbons (Fsp3) is 0.615. The lowest BCUT2D eigenvalue weighted by Gasteiger charge is -2.33. The van der Waals surface area contributed by atoms with E-state index in [1.807, 2.05) is 26.8 Å². The van der Waals surface area contributed by atoms with Crippen LogP contribution in [0.3, 0.4) is 0 Å². The van der Waals surface area contributed by atoms with Gasteiger partial charge in [-0.15, -0.1) is 0 Å². The van der Waals surface area contributed by atoms with E-state index in [0.29, 0.717) is 37.6 Å². The minimum absolute atomic E-state index is 0.251. The number of carbonyl (C=O) groups excluding carboxylic acids is 1. The van der Waals surface area contributed by atoms with E-state index in [-0.39, 0.29) is 12.1 Å². The van der Waals surface area contributed by atoms with Crippen molar-refractivity contribution in [1.82, 2.24) is 14.7 Å². The molecule has 4 heterocycles. The van der Waals surface area contributed by atoms with Gasteiger partial charge in [0, 0.05) is 55.9 Å². The van der Waals surface area contributed by atoms with Gasteiger partial charge in [-0.1, -0.05) is 6.07 Å². The van der Waals surface area contributed by atoms with Crippen LogP contribution in [-0.4, -0.2) is 67.4 Å². The van der Waals surface area contributed by atoms with Gasteiger partial charge in [0.05, 0.1) is 17.5 Å². The minimum Gasteiger partial charge on any atom is -0.444 e. The molecule has 196 valence electrons. The lowest BCUT2D eigenvalue weighted by molar-refractivity contribution is 0.0221. The highest BCUT2D eigenvalue weighted by Crippen LogP contribution is 2.40. The number of carbonyl (C=O) groups is 1. The molecule has 0 unspecified atom stereocenters. The number of nitrogens with zero attached hydrogens (tertiary/aromatic N) is 4. The van der Waals surface area contributed by atoms with E-state index < -0.39 is 15.4 Å². The topological polar surface area (TPSA) is 94.0 Å². The molecular weight excluding hydrogens is 480 g/mol. The van der Waals surface area contributed by atoms with Crippen molar-refractivity contribution >= 4 is 27.4 Å². The zero-order valence-electron chi connectivity index (χ0n) is 21.6. The Hall–Kier alpha value is -2.59. The molecular formula is C26H36N4O5S. The monoisotopic (exact) mass is 516 g/mol. The lowest BCUT2D eigenvalue weighted by atomic mass is 10.00. The Labute approximate surface area is 213 Å². The summed E-state index contributed by atoms with van der Waals surface area (Å²) in [7, 11) is -3.34. The van der Waals surface area contributed by atoms with Crippen LogP contribution in [0.1, 0.15) is 62.9 Å². The molecule has 1 aromatic carbocycles. The Morgan fingerprint density at radius 1 is 1.14 bits per heavy atom. The van der Waals surface area contributed by atoms with E-state index in [2.05, 4.69) is 9.58 Å². The highest BCUT2D eigenvalue weighted by Gasteiger charge is 2.35. The van der Waals surface area contributed by atoms with Gasteiger partial charge in [-0.2, -0.15) is 5.10 Å². The zero-order chi connectivity index (χ0) is 25.7. The summed E-state index contributed by atoms with van der Waals surface area (Å²) in [6.07, 6.45) is 5.25. The number of fused-ring (bicyclic) bond motifs is 2. The van der Waals surface area contributed by atoms with Crippen LogP contribution in [0.5, 0.6) is 0 Å². The predicted octanol–water partition coefficient (Wildman–Crippen LogP) is 4.02. The average Bonchev–Trinajstić information content (AvgIpc) is 3.21. The molecule has 0 spiro atoms. The molecule has 3 aliphatic heterocycles. The molecule has 1 amide bonds. The standard InChI is InChI=1S/C26H36N4O5S/c1-26(2,3)35-25(31)28-13-9-22-21(17-28)24(27-30(22)19-10-14-34-15-11-19)29-12-5-6-18-7-8-20(16-23(18)29)36(4,32)33/h7-8,16,19H,5-6,9-15,17H2,1-4H3. The molecule has 5 rings (SSSR count). The van der Waals surface area contributed by atoms with Crippen molar-refractivity contribution in [1.29, 1.82) is 0 Å². The summed E-state index contributed by atoms with van der Waals surface area (Å²) >= 11 is 0. The summed E-state index contributed by atoms with van der Waals surface area (Å²) in [5.74, 6) is 0.816. The normalized spacial score (nSPS) is 19.1. The highest BCUT2D eigenvalue weighted by molar-refractivity contribution is 7.90. The molecule has 0 saturated carbocycles. The first-order chi connectivity index (χ1) is 17.0. The quantitative estimate of drug-likeness (QED) is 0.608. The predicted molar refractivity (Wildman–Crippen MR) is 137 cm³/mol. The van der Waals surface area contributed by atoms with Crippen LogP contribution in [0, 0.1) is 0 Å². The molecule has 9 nitrogen and oxygen atoms in total. The first-order valence-electron chi connectivity index (χ1n) is 12.8. The molecule has 2 aromatic rings. The number of benzene rings is 1. The van der Waals surface area contributed by atoms with Crippen molar-refractivity contribution in [3.63, 3.8) is 0 Å². The molecule has 0 aliphatic carbocycles. The van der Waals surface area contributed by atoms with Crippen molar-refractivity contribution in [3.05, 3.63) is 35.0 Å². The number of anilines is 2. The van der Waals surface area contributed by atoms with E-state index in [4.69, 9.17) is 14.6 Å². The number of hydrogen-bond acceptors (Lipinski definition) is 7. The van der Waals surface area contributed by atoms with E-state index in [1.165, 1.54) is 6.26 Å². The summed E-state index contributed by atoms with van der Waals surface area (Å²) in [5.41, 5.74) is 3.61. The number of sulfone groups is 1. The lowest BCUT2D eigenvalue weighted by Crippen LogP contribution is -2.40. The fourth-order valence-electron chi connectivity index (χ4n) is 5.36. The molecule has 1 saturated heterocycles. The van der Waals surface area contributed by atoms with Crippen LogP contribution in [0.2, 0.25) is 0 Å². The van der Waals surface area contributed by atoms with Gasteiger partial charge in [-0.3, -0.25) is 4.68 Å². The van der Waals surface area contributed by atoms with Gasteiger partial charge in [0.15, 0.2) is 15.7 Å². The first-order valence-corrected chi connectivity index (χ1v) is 14.7. The number of aryl methyl sites for hydroxylation is 1. The van der Waals surface area contributed by atoms with Gasteiger partial charge in [0.25, 0.3) is 0 Å². The van der Waals surface area contributed by atoms with Gasteiger partial charge in [-0.05, 0) is 64.2 Å². The average molecular weight is 517 g/mol. The number of rotatable bonds is 3. The van der Waals surface area contributed by atoms with Crippen molar-refractivity contribution in [2.75, 3.05) is 37.5 Å². The Balaban J connectivity index is 1.57. The van der Waals surface area contributed by atoms with Crippen LogP contribution in [0.4, 0.5) is 16.3 Å². The maximum absolute atomic E-state index is 13.0. The summed E-state index contributed by atoms with van der Waals surface area (Å²) in [4.78, 5) is 17.2. The molecule has 10 heteroatoms. The highest BCUT2D eigenvalue weighted by atomic mass is 32.2. The SMILES string of the molecule is CC(C)(C)OC(=O)N1CCc2c(c(N3CCCc4ccc(S(C)(=O)=O)cc43)nn2C2CCOCC2)C1. The third-order valence-corrected chi connectivity index (χ3v) is 8.22. The van der Waals surface area contributed by atoms with Gasteiger partial charge < -0.3 is 19.3 Å².